The SMILES string of the molecule is COCCCN(C(=O)CC(C)C)C(C)c1nc2ccccc2c(=O)n1CCOC. The first-order valence-electron chi connectivity index (χ1n) is 10.2. The minimum Gasteiger partial charge on any atom is -0.385 e. The summed E-state index contributed by atoms with van der Waals surface area (Å²) in [4.78, 5) is 32.7. The van der Waals surface area contributed by atoms with Crippen molar-refractivity contribution in [3.63, 3.8) is 0 Å². The molecule has 2 rings (SSSR count). The predicted molar refractivity (Wildman–Crippen MR) is 114 cm³/mol. The Morgan fingerprint density at radius 2 is 1.83 bits per heavy atom. The number of para-hydroxylation sites is 1. The van der Waals surface area contributed by atoms with E-state index in [1.165, 1.54) is 0 Å². The largest absolute Gasteiger partial charge is 0.385 e. The van der Waals surface area contributed by atoms with Gasteiger partial charge in [-0.15, -0.1) is 0 Å². The molecule has 2 aromatic rings. The van der Waals surface area contributed by atoms with E-state index < -0.39 is 0 Å². The minimum atomic E-state index is -0.340. The van der Waals surface area contributed by atoms with Gasteiger partial charge < -0.3 is 14.4 Å². The van der Waals surface area contributed by atoms with Gasteiger partial charge in [-0.25, -0.2) is 4.98 Å². The fourth-order valence-electron chi connectivity index (χ4n) is 3.42. The van der Waals surface area contributed by atoms with Gasteiger partial charge in [0, 0.05) is 33.8 Å². The molecule has 1 amide bonds. The van der Waals surface area contributed by atoms with Crippen LogP contribution in [-0.4, -0.2) is 54.3 Å². The van der Waals surface area contributed by atoms with Gasteiger partial charge in [0.1, 0.15) is 5.82 Å². The number of carbonyl (C=O) groups is 1. The molecule has 1 atom stereocenters. The number of hydrogen-bond donors (Lipinski definition) is 0. The van der Waals surface area contributed by atoms with Crippen LogP contribution in [0.3, 0.4) is 0 Å². The second-order valence-corrected chi connectivity index (χ2v) is 7.64. The third kappa shape index (κ3) is 5.87. The highest BCUT2D eigenvalue weighted by molar-refractivity contribution is 5.78. The number of ether oxygens (including phenoxy) is 2. The molecule has 1 unspecified atom stereocenters. The van der Waals surface area contributed by atoms with Crippen LogP contribution in [0, 0.1) is 5.92 Å². The highest BCUT2D eigenvalue weighted by Gasteiger charge is 2.26. The van der Waals surface area contributed by atoms with Crippen molar-refractivity contribution >= 4 is 16.8 Å². The Bertz CT molecular complexity index is 863. The quantitative estimate of drug-likeness (QED) is 0.539. The second kappa shape index (κ2) is 11.1. The second-order valence-electron chi connectivity index (χ2n) is 7.64. The van der Waals surface area contributed by atoms with Crippen molar-refractivity contribution in [2.45, 2.75) is 46.2 Å². The molecule has 29 heavy (non-hydrogen) atoms. The summed E-state index contributed by atoms with van der Waals surface area (Å²) in [5.74, 6) is 0.893. The van der Waals surface area contributed by atoms with Crippen molar-refractivity contribution in [2.24, 2.45) is 5.92 Å². The summed E-state index contributed by atoms with van der Waals surface area (Å²) in [5, 5.41) is 0.569. The van der Waals surface area contributed by atoms with Crippen LogP contribution in [0.4, 0.5) is 0 Å². The van der Waals surface area contributed by atoms with Gasteiger partial charge in [-0.3, -0.25) is 14.2 Å². The number of benzene rings is 1. The molecule has 0 radical (unpaired) electrons. The first-order valence-corrected chi connectivity index (χ1v) is 10.2. The Hall–Kier alpha value is -2.25. The molecule has 0 N–H and O–H groups in total. The first kappa shape index (κ1) is 23.0. The first-order chi connectivity index (χ1) is 13.9. The fraction of sp³-hybridized carbons (Fsp3) is 0.591. The van der Waals surface area contributed by atoms with Crippen molar-refractivity contribution in [3.8, 4) is 0 Å². The van der Waals surface area contributed by atoms with E-state index >= 15 is 0 Å². The normalized spacial score (nSPS) is 12.5. The minimum absolute atomic E-state index is 0.0595. The van der Waals surface area contributed by atoms with Crippen molar-refractivity contribution in [3.05, 3.63) is 40.4 Å². The van der Waals surface area contributed by atoms with Crippen molar-refractivity contribution in [2.75, 3.05) is 34.0 Å². The number of amides is 1. The van der Waals surface area contributed by atoms with Crippen LogP contribution in [0.1, 0.15) is 45.5 Å². The fourth-order valence-corrected chi connectivity index (χ4v) is 3.42. The topological polar surface area (TPSA) is 73.7 Å². The monoisotopic (exact) mass is 403 g/mol. The summed E-state index contributed by atoms with van der Waals surface area (Å²) in [6.45, 7) is 7.88. The maximum absolute atomic E-state index is 13.1. The summed E-state index contributed by atoms with van der Waals surface area (Å²) in [5.41, 5.74) is 0.531. The van der Waals surface area contributed by atoms with Gasteiger partial charge in [0.2, 0.25) is 5.91 Å². The molecule has 0 aliphatic carbocycles. The highest BCUT2D eigenvalue weighted by Crippen LogP contribution is 2.22. The van der Waals surface area contributed by atoms with E-state index in [1.54, 1.807) is 24.9 Å². The third-order valence-electron chi connectivity index (χ3n) is 4.90. The van der Waals surface area contributed by atoms with Crippen LogP contribution in [0.5, 0.6) is 0 Å². The van der Waals surface area contributed by atoms with Crippen LogP contribution < -0.4 is 5.56 Å². The van der Waals surface area contributed by atoms with Gasteiger partial charge in [0.05, 0.1) is 30.1 Å². The molecule has 1 heterocycles. The summed E-state index contributed by atoms with van der Waals surface area (Å²) < 4.78 is 12.0. The average Bonchev–Trinajstić information content (AvgIpc) is 2.69. The van der Waals surface area contributed by atoms with Crippen LogP contribution >= 0.6 is 0 Å². The van der Waals surface area contributed by atoms with Gasteiger partial charge in [-0.2, -0.15) is 0 Å². The van der Waals surface area contributed by atoms with Gasteiger partial charge in [0.15, 0.2) is 0 Å². The lowest BCUT2D eigenvalue weighted by Crippen LogP contribution is -2.39. The summed E-state index contributed by atoms with van der Waals surface area (Å²) in [7, 11) is 3.25. The number of methoxy groups -OCH3 is 2. The Balaban J connectivity index is 2.50. The van der Waals surface area contributed by atoms with Crippen molar-refractivity contribution in [1.82, 2.24) is 14.5 Å². The predicted octanol–water partition coefficient (Wildman–Crippen LogP) is 3.02. The molecule has 1 aromatic carbocycles. The lowest BCUT2D eigenvalue weighted by atomic mass is 10.1. The van der Waals surface area contributed by atoms with Crippen LogP contribution in [0.2, 0.25) is 0 Å². The molecular weight excluding hydrogens is 370 g/mol. The lowest BCUT2D eigenvalue weighted by molar-refractivity contribution is -0.134. The Morgan fingerprint density at radius 3 is 2.48 bits per heavy atom. The molecule has 0 fully saturated rings. The maximum Gasteiger partial charge on any atom is 0.261 e. The van der Waals surface area contributed by atoms with Crippen LogP contribution in [0.15, 0.2) is 29.1 Å². The van der Waals surface area contributed by atoms with Gasteiger partial charge in [-0.1, -0.05) is 26.0 Å². The van der Waals surface area contributed by atoms with Crippen molar-refractivity contribution in [1.29, 1.82) is 0 Å². The molecule has 7 heteroatoms. The smallest absolute Gasteiger partial charge is 0.261 e. The molecule has 0 saturated heterocycles. The molecule has 0 aliphatic heterocycles. The van der Waals surface area contributed by atoms with E-state index in [1.807, 2.05) is 43.9 Å². The van der Waals surface area contributed by atoms with E-state index in [-0.39, 0.29) is 23.4 Å². The molecule has 0 bridgehead atoms. The van der Waals surface area contributed by atoms with Gasteiger partial charge in [-0.05, 0) is 31.4 Å². The lowest BCUT2D eigenvalue weighted by Gasteiger charge is -2.31. The zero-order valence-corrected chi connectivity index (χ0v) is 18.2. The molecule has 0 spiro atoms. The molecule has 7 nitrogen and oxygen atoms in total. The summed E-state index contributed by atoms with van der Waals surface area (Å²) in [6.07, 6.45) is 1.17. The standard InChI is InChI=1S/C22H33N3O4/c1-16(2)15-20(26)24(11-8-13-28-4)17(3)21-23-19-10-7-6-9-18(19)22(27)25(21)12-14-29-5/h6-7,9-10,16-17H,8,11-15H2,1-5H3. The number of hydrogen-bond acceptors (Lipinski definition) is 5. The Labute approximate surface area is 172 Å². The van der Waals surface area contributed by atoms with Gasteiger partial charge in [0.25, 0.3) is 5.56 Å². The number of carbonyl (C=O) groups excluding carboxylic acids is 1. The Morgan fingerprint density at radius 1 is 1.14 bits per heavy atom. The zero-order valence-electron chi connectivity index (χ0n) is 18.2. The number of fused-ring (bicyclic) bond motifs is 1. The molecule has 0 saturated carbocycles. The number of rotatable bonds is 11. The maximum atomic E-state index is 13.1. The van der Waals surface area contributed by atoms with E-state index in [9.17, 15) is 9.59 Å². The summed E-state index contributed by atoms with van der Waals surface area (Å²) >= 11 is 0. The molecule has 1 aromatic heterocycles. The van der Waals surface area contributed by atoms with Crippen LogP contribution in [0.25, 0.3) is 10.9 Å². The van der Waals surface area contributed by atoms with E-state index in [2.05, 4.69) is 0 Å². The number of nitrogens with zero attached hydrogens (tertiary/aromatic N) is 3. The van der Waals surface area contributed by atoms with Gasteiger partial charge >= 0.3 is 0 Å². The highest BCUT2D eigenvalue weighted by atomic mass is 16.5. The zero-order chi connectivity index (χ0) is 21.4. The molecule has 160 valence electrons. The molecule has 0 aliphatic rings. The number of aromatic nitrogens is 2. The Kier molecular flexibility index (Phi) is 8.79. The van der Waals surface area contributed by atoms with E-state index in [0.29, 0.717) is 49.5 Å². The van der Waals surface area contributed by atoms with Crippen LogP contribution in [-0.2, 0) is 20.8 Å². The third-order valence-corrected chi connectivity index (χ3v) is 4.90. The summed E-state index contributed by atoms with van der Waals surface area (Å²) in [6, 6.07) is 6.97. The van der Waals surface area contributed by atoms with E-state index in [0.717, 1.165) is 6.42 Å². The van der Waals surface area contributed by atoms with Crippen molar-refractivity contribution < 1.29 is 14.3 Å². The average molecular weight is 404 g/mol. The van der Waals surface area contributed by atoms with E-state index in [4.69, 9.17) is 14.5 Å². The molecular formula is C22H33N3O4.